The molecule has 1 fully saturated rings. The summed E-state index contributed by atoms with van der Waals surface area (Å²) in [5, 5.41) is 0. The number of anilines is 1. The molecule has 0 unspecified atom stereocenters. The molecule has 8 heteroatoms. The van der Waals surface area contributed by atoms with Gasteiger partial charge in [0.15, 0.2) is 0 Å². The van der Waals surface area contributed by atoms with Gasteiger partial charge in [-0.2, -0.15) is 0 Å². The Morgan fingerprint density at radius 2 is 1.82 bits per heavy atom. The smallest absolute Gasteiger partial charge is 0.267 e. The lowest BCUT2D eigenvalue weighted by Crippen LogP contribution is -2.39. The molecule has 2 heterocycles. The van der Waals surface area contributed by atoms with E-state index in [0.29, 0.717) is 30.2 Å². The number of methoxy groups -OCH3 is 1. The normalized spacial score (nSPS) is 15.8. The fourth-order valence-electron chi connectivity index (χ4n) is 4.19. The van der Waals surface area contributed by atoms with Crippen LogP contribution in [0.4, 0.5) is 5.69 Å². The third-order valence-corrected chi connectivity index (χ3v) is 6.06. The number of hydrogen-bond donors (Lipinski definition) is 2. The number of amides is 2. The number of aromatic amines is 1. The summed E-state index contributed by atoms with van der Waals surface area (Å²) in [5.41, 5.74) is 8.91. The maximum atomic E-state index is 13.1. The highest BCUT2D eigenvalue weighted by atomic mass is 16.5. The van der Waals surface area contributed by atoms with E-state index in [1.807, 2.05) is 72.4 Å². The van der Waals surface area contributed by atoms with Crippen molar-refractivity contribution in [3.05, 3.63) is 65.6 Å². The second-order valence-corrected chi connectivity index (χ2v) is 8.47. The van der Waals surface area contributed by atoms with Crippen molar-refractivity contribution in [2.45, 2.75) is 18.8 Å². The first-order valence-corrected chi connectivity index (χ1v) is 11.0. The molecule has 3 aromatic rings. The molecule has 1 aromatic heterocycles. The van der Waals surface area contributed by atoms with Crippen molar-refractivity contribution in [1.29, 1.82) is 0 Å². The second kappa shape index (κ2) is 9.36. The average Bonchev–Trinajstić information content (AvgIpc) is 3.30. The van der Waals surface area contributed by atoms with Crippen LogP contribution in [0.25, 0.3) is 11.3 Å². The SMILES string of the molecule is COc1ccc(-c2nc([C@@H]3CCCN(C(=O)c4ccc(N(C)C)cc4)C3)[nH]c2C(N)=O)cc1. The minimum Gasteiger partial charge on any atom is -0.497 e. The average molecular weight is 448 g/mol. The molecule has 0 spiro atoms. The van der Waals surface area contributed by atoms with E-state index >= 15 is 0 Å². The molecule has 2 amide bonds. The number of benzene rings is 2. The summed E-state index contributed by atoms with van der Waals surface area (Å²) in [6.45, 7) is 1.22. The van der Waals surface area contributed by atoms with Crippen molar-refractivity contribution in [3.63, 3.8) is 0 Å². The Morgan fingerprint density at radius 3 is 2.42 bits per heavy atom. The number of H-pyrrole nitrogens is 1. The number of hydrogen-bond acceptors (Lipinski definition) is 5. The molecule has 1 aliphatic heterocycles. The summed E-state index contributed by atoms with van der Waals surface area (Å²) in [6, 6.07) is 14.9. The van der Waals surface area contributed by atoms with Gasteiger partial charge < -0.3 is 25.3 Å². The van der Waals surface area contributed by atoms with Gasteiger partial charge in [0.2, 0.25) is 0 Å². The fourth-order valence-corrected chi connectivity index (χ4v) is 4.19. The minimum atomic E-state index is -0.565. The van der Waals surface area contributed by atoms with E-state index in [1.54, 1.807) is 7.11 Å². The number of nitrogens with one attached hydrogen (secondary N) is 1. The second-order valence-electron chi connectivity index (χ2n) is 8.47. The predicted molar refractivity (Wildman–Crippen MR) is 128 cm³/mol. The summed E-state index contributed by atoms with van der Waals surface area (Å²) in [7, 11) is 5.54. The molecule has 1 atom stereocenters. The van der Waals surface area contributed by atoms with E-state index < -0.39 is 5.91 Å². The molecule has 0 radical (unpaired) electrons. The molecule has 172 valence electrons. The molecule has 1 saturated heterocycles. The highest BCUT2D eigenvalue weighted by Crippen LogP contribution is 2.31. The minimum absolute atomic E-state index is 0.00191. The van der Waals surface area contributed by atoms with E-state index in [-0.39, 0.29) is 17.5 Å². The first-order chi connectivity index (χ1) is 15.9. The summed E-state index contributed by atoms with van der Waals surface area (Å²) in [6.07, 6.45) is 1.73. The van der Waals surface area contributed by atoms with Crippen molar-refractivity contribution in [3.8, 4) is 17.0 Å². The van der Waals surface area contributed by atoms with E-state index in [1.165, 1.54) is 0 Å². The third kappa shape index (κ3) is 4.69. The molecule has 0 bridgehead atoms. The van der Waals surface area contributed by atoms with Crippen molar-refractivity contribution in [1.82, 2.24) is 14.9 Å². The first-order valence-electron chi connectivity index (χ1n) is 11.0. The number of carbonyl (C=O) groups is 2. The maximum Gasteiger partial charge on any atom is 0.267 e. The number of likely N-dealkylation sites (tertiary alicyclic amines) is 1. The van der Waals surface area contributed by atoms with E-state index in [2.05, 4.69) is 4.98 Å². The Labute approximate surface area is 193 Å². The van der Waals surface area contributed by atoms with Gasteiger partial charge in [-0.1, -0.05) is 0 Å². The highest BCUT2D eigenvalue weighted by molar-refractivity contribution is 5.97. The van der Waals surface area contributed by atoms with E-state index in [0.717, 1.165) is 29.8 Å². The quantitative estimate of drug-likeness (QED) is 0.603. The van der Waals surface area contributed by atoms with Crippen LogP contribution in [0.5, 0.6) is 5.75 Å². The largest absolute Gasteiger partial charge is 0.497 e. The lowest BCUT2D eigenvalue weighted by Gasteiger charge is -2.32. The van der Waals surface area contributed by atoms with E-state index in [4.69, 9.17) is 15.5 Å². The van der Waals surface area contributed by atoms with Gasteiger partial charge in [-0.15, -0.1) is 0 Å². The van der Waals surface area contributed by atoms with Gasteiger partial charge in [-0.05, 0) is 61.4 Å². The molecule has 3 N–H and O–H groups in total. The van der Waals surface area contributed by atoms with Crippen LogP contribution in [0, 0.1) is 0 Å². The molecule has 4 rings (SSSR count). The van der Waals surface area contributed by atoms with Gasteiger partial charge in [0.25, 0.3) is 11.8 Å². The van der Waals surface area contributed by atoms with Crippen LogP contribution in [-0.4, -0.2) is 61.0 Å². The number of primary amides is 1. The third-order valence-electron chi connectivity index (χ3n) is 6.06. The molecular weight excluding hydrogens is 418 g/mol. The lowest BCUT2D eigenvalue weighted by molar-refractivity contribution is 0.0704. The zero-order valence-corrected chi connectivity index (χ0v) is 19.2. The number of rotatable bonds is 6. The number of imidazole rings is 1. The van der Waals surface area contributed by atoms with Crippen LogP contribution in [0.3, 0.4) is 0 Å². The lowest BCUT2D eigenvalue weighted by atomic mass is 9.96. The summed E-state index contributed by atoms with van der Waals surface area (Å²) in [5.74, 6) is 0.825. The zero-order valence-electron chi connectivity index (χ0n) is 19.2. The van der Waals surface area contributed by atoms with Crippen LogP contribution in [0.1, 0.15) is 45.4 Å². The molecule has 8 nitrogen and oxygen atoms in total. The summed E-state index contributed by atoms with van der Waals surface area (Å²) >= 11 is 0. The number of carbonyl (C=O) groups excluding carboxylic acids is 2. The van der Waals surface area contributed by atoms with Crippen molar-refractivity contribution >= 4 is 17.5 Å². The summed E-state index contributed by atoms with van der Waals surface area (Å²) in [4.78, 5) is 37.0. The molecular formula is C25H29N5O3. The van der Waals surface area contributed by atoms with Crippen LogP contribution in [0.15, 0.2) is 48.5 Å². The van der Waals surface area contributed by atoms with Crippen LogP contribution in [0.2, 0.25) is 0 Å². The van der Waals surface area contributed by atoms with Gasteiger partial charge in [0.05, 0.1) is 7.11 Å². The van der Waals surface area contributed by atoms with E-state index in [9.17, 15) is 9.59 Å². The van der Waals surface area contributed by atoms with Gasteiger partial charge in [-0.3, -0.25) is 9.59 Å². The van der Waals surface area contributed by atoms with Gasteiger partial charge in [0.1, 0.15) is 23.0 Å². The topological polar surface area (TPSA) is 105 Å². The van der Waals surface area contributed by atoms with Gasteiger partial charge >= 0.3 is 0 Å². The predicted octanol–water partition coefficient (Wildman–Crippen LogP) is 3.27. The van der Waals surface area contributed by atoms with Crippen molar-refractivity contribution in [2.75, 3.05) is 39.2 Å². The van der Waals surface area contributed by atoms with Gasteiger partial charge in [-0.25, -0.2) is 4.98 Å². The standard InChI is InChI=1S/C25H29N5O3/c1-29(2)19-10-6-17(7-11-19)25(32)30-14-4-5-18(15-30)24-27-21(22(28-24)23(26)31)16-8-12-20(33-3)13-9-16/h6-13,18H,4-5,14-15H2,1-3H3,(H2,26,31)(H,27,28)/t18-/m1/s1. The van der Waals surface area contributed by atoms with Crippen LogP contribution >= 0.6 is 0 Å². The molecule has 0 saturated carbocycles. The van der Waals surface area contributed by atoms with Crippen LogP contribution in [-0.2, 0) is 0 Å². The molecule has 2 aromatic carbocycles. The number of aromatic nitrogens is 2. The first kappa shape index (κ1) is 22.4. The monoisotopic (exact) mass is 447 g/mol. The maximum absolute atomic E-state index is 13.1. The van der Waals surface area contributed by atoms with Crippen molar-refractivity contribution < 1.29 is 14.3 Å². The number of nitrogens with two attached hydrogens (primary N) is 1. The molecule has 33 heavy (non-hydrogen) atoms. The molecule has 0 aliphatic carbocycles. The zero-order chi connectivity index (χ0) is 23.5. The fraction of sp³-hybridized carbons (Fsp3) is 0.320. The molecule has 1 aliphatic rings. The summed E-state index contributed by atoms with van der Waals surface area (Å²) < 4.78 is 5.21. The number of nitrogens with zero attached hydrogens (tertiary/aromatic N) is 3. The van der Waals surface area contributed by atoms with Crippen LogP contribution < -0.4 is 15.4 Å². The Bertz CT molecular complexity index is 1140. The number of ether oxygens (including phenoxy) is 1. The van der Waals surface area contributed by atoms with Crippen molar-refractivity contribution in [2.24, 2.45) is 5.73 Å². The highest BCUT2D eigenvalue weighted by Gasteiger charge is 2.29. The Hall–Kier alpha value is -3.81. The Kier molecular flexibility index (Phi) is 6.35. The Balaban J connectivity index is 1.56. The Morgan fingerprint density at radius 1 is 1.12 bits per heavy atom. The number of piperidine rings is 1. The van der Waals surface area contributed by atoms with Gasteiger partial charge in [0, 0.05) is 49.9 Å².